The van der Waals surface area contributed by atoms with Gasteiger partial charge < -0.3 is 0 Å². The van der Waals surface area contributed by atoms with Gasteiger partial charge in [-0.1, -0.05) is 48.6 Å². The smallest absolute Gasteiger partial charge is 0.123 e. The third-order valence-electron chi connectivity index (χ3n) is 5.43. The summed E-state index contributed by atoms with van der Waals surface area (Å²) in [4.78, 5) is 5.09. The van der Waals surface area contributed by atoms with E-state index in [-0.39, 0.29) is 11.4 Å². The van der Waals surface area contributed by atoms with Crippen LogP contribution in [-0.4, -0.2) is 35.0 Å². The van der Waals surface area contributed by atoms with Gasteiger partial charge in [-0.3, -0.25) is 9.80 Å². The molecule has 0 aliphatic carbocycles. The summed E-state index contributed by atoms with van der Waals surface area (Å²) in [5.74, 6) is -0.176. The molecule has 3 rings (SSSR count). The van der Waals surface area contributed by atoms with Crippen LogP contribution in [0.2, 0.25) is 0 Å². The molecule has 0 spiro atoms. The highest BCUT2D eigenvalue weighted by atomic mass is 19.1. The van der Waals surface area contributed by atoms with Crippen molar-refractivity contribution in [3.63, 3.8) is 0 Å². The van der Waals surface area contributed by atoms with Crippen molar-refractivity contribution in [1.82, 2.24) is 9.80 Å². The molecule has 0 radical (unpaired) electrons. The van der Waals surface area contributed by atoms with Gasteiger partial charge in [0, 0.05) is 37.8 Å². The highest BCUT2D eigenvalue weighted by Gasteiger charge is 2.35. The lowest BCUT2D eigenvalue weighted by Crippen LogP contribution is -2.54. The third kappa shape index (κ3) is 4.66. The topological polar surface area (TPSA) is 6.48 Å². The minimum atomic E-state index is -0.176. The minimum absolute atomic E-state index is 0.0921. The van der Waals surface area contributed by atoms with E-state index in [1.54, 1.807) is 12.1 Å². The van der Waals surface area contributed by atoms with Crippen LogP contribution in [0.15, 0.2) is 55.1 Å². The Kier molecular flexibility index (Phi) is 5.83. The predicted molar refractivity (Wildman–Crippen MR) is 112 cm³/mol. The molecule has 1 unspecified atom stereocenters. The number of rotatable bonds is 4. The SMILES string of the molecule is C=C(C)c1ccccc1C1CN(Cc2ccc(F)cc2)CCN1C(C)(C)C. The Morgan fingerprint density at radius 2 is 1.74 bits per heavy atom. The minimum Gasteiger partial charge on any atom is -0.296 e. The normalized spacial score (nSPS) is 19.2. The maximum absolute atomic E-state index is 13.2. The molecule has 1 atom stereocenters. The Labute approximate surface area is 163 Å². The molecule has 144 valence electrons. The molecule has 2 aromatic rings. The van der Waals surface area contributed by atoms with Gasteiger partial charge in [0.1, 0.15) is 5.82 Å². The van der Waals surface area contributed by atoms with E-state index in [0.717, 1.165) is 37.3 Å². The summed E-state index contributed by atoms with van der Waals surface area (Å²) < 4.78 is 13.2. The van der Waals surface area contributed by atoms with Gasteiger partial charge in [-0.05, 0) is 56.5 Å². The molecule has 3 heteroatoms. The monoisotopic (exact) mass is 366 g/mol. The molecule has 0 saturated carbocycles. The molecule has 1 heterocycles. The molecule has 1 saturated heterocycles. The van der Waals surface area contributed by atoms with Crippen molar-refractivity contribution in [3.8, 4) is 0 Å². The molecular weight excluding hydrogens is 335 g/mol. The third-order valence-corrected chi connectivity index (χ3v) is 5.43. The van der Waals surface area contributed by atoms with E-state index in [4.69, 9.17) is 0 Å². The second-order valence-corrected chi connectivity index (χ2v) is 8.61. The zero-order valence-corrected chi connectivity index (χ0v) is 17.0. The maximum atomic E-state index is 13.2. The van der Waals surface area contributed by atoms with E-state index in [1.165, 1.54) is 11.1 Å². The van der Waals surface area contributed by atoms with Crippen LogP contribution in [0.3, 0.4) is 0 Å². The molecule has 0 amide bonds. The van der Waals surface area contributed by atoms with Gasteiger partial charge in [0.05, 0.1) is 0 Å². The largest absolute Gasteiger partial charge is 0.296 e. The maximum Gasteiger partial charge on any atom is 0.123 e. The first-order valence-electron chi connectivity index (χ1n) is 9.74. The van der Waals surface area contributed by atoms with Crippen molar-refractivity contribution in [2.75, 3.05) is 19.6 Å². The number of halogens is 1. The quantitative estimate of drug-likeness (QED) is 0.703. The van der Waals surface area contributed by atoms with Crippen LogP contribution in [-0.2, 0) is 6.54 Å². The van der Waals surface area contributed by atoms with Crippen LogP contribution in [0.5, 0.6) is 0 Å². The van der Waals surface area contributed by atoms with E-state index in [1.807, 2.05) is 12.1 Å². The summed E-state index contributed by atoms with van der Waals surface area (Å²) >= 11 is 0. The fourth-order valence-corrected chi connectivity index (χ4v) is 4.08. The molecule has 0 aromatic heterocycles. The Morgan fingerprint density at radius 1 is 1.07 bits per heavy atom. The molecule has 1 aliphatic heterocycles. The van der Waals surface area contributed by atoms with Crippen molar-refractivity contribution in [2.24, 2.45) is 0 Å². The molecule has 27 heavy (non-hydrogen) atoms. The molecule has 2 aromatic carbocycles. The predicted octanol–water partition coefficient (Wildman–Crippen LogP) is 5.52. The summed E-state index contributed by atoms with van der Waals surface area (Å²) in [5.41, 5.74) is 4.96. The fraction of sp³-hybridized carbons (Fsp3) is 0.417. The van der Waals surface area contributed by atoms with Crippen molar-refractivity contribution in [1.29, 1.82) is 0 Å². The van der Waals surface area contributed by atoms with Gasteiger partial charge in [-0.2, -0.15) is 0 Å². The highest BCUT2D eigenvalue weighted by molar-refractivity contribution is 5.65. The van der Waals surface area contributed by atoms with Crippen LogP contribution < -0.4 is 0 Å². The van der Waals surface area contributed by atoms with Gasteiger partial charge in [-0.25, -0.2) is 4.39 Å². The molecule has 1 aliphatic rings. The van der Waals surface area contributed by atoms with Crippen LogP contribution >= 0.6 is 0 Å². The molecular formula is C24H31FN2. The first-order chi connectivity index (χ1) is 12.8. The van der Waals surface area contributed by atoms with E-state index < -0.39 is 0 Å². The summed E-state index contributed by atoms with van der Waals surface area (Å²) in [7, 11) is 0. The molecule has 0 N–H and O–H groups in total. The zero-order valence-electron chi connectivity index (χ0n) is 17.0. The number of hydrogen-bond donors (Lipinski definition) is 0. The van der Waals surface area contributed by atoms with Crippen LogP contribution in [0.1, 0.15) is 50.4 Å². The van der Waals surface area contributed by atoms with Crippen molar-refractivity contribution in [3.05, 3.63) is 77.6 Å². The standard InChI is InChI=1S/C24H31FN2/c1-18(2)21-8-6-7-9-22(21)23-17-26(14-15-27(23)24(3,4)5)16-19-10-12-20(25)13-11-19/h6-13,23H,1,14-17H2,2-5H3. The van der Waals surface area contributed by atoms with Crippen molar-refractivity contribution in [2.45, 2.75) is 45.8 Å². The average Bonchev–Trinajstić information content (AvgIpc) is 2.62. The second-order valence-electron chi connectivity index (χ2n) is 8.61. The van der Waals surface area contributed by atoms with E-state index >= 15 is 0 Å². The number of nitrogens with zero attached hydrogens (tertiary/aromatic N) is 2. The highest BCUT2D eigenvalue weighted by Crippen LogP contribution is 2.35. The number of benzene rings is 2. The summed E-state index contributed by atoms with van der Waals surface area (Å²) in [6.45, 7) is 17.0. The lowest BCUT2D eigenvalue weighted by atomic mass is 9.90. The zero-order chi connectivity index (χ0) is 19.6. The number of piperazine rings is 1. The van der Waals surface area contributed by atoms with Crippen LogP contribution in [0.25, 0.3) is 5.57 Å². The summed E-state index contributed by atoms with van der Waals surface area (Å²) in [6, 6.07) is 15.8. The Hall–Kier alpha value is -1.97. The fourth-order valence-electron chi connectivity index (χ4n) is 4.08. The van der Waals surface area contributed by atoms with E-state index in [0.29, 0.717) is 6.04 Å². The van der Waals surface area contributed by atoms with Gasteiger partial charge in [-0.15, -0.1) is 0 Å². The summed E-state index contributed by atoms with van der Waals surface area (Å²) in [6.07, 6.45) is 0. The Morgan fingerprint density at radius 3 is 2.37 bits per heavy atom. The van der Waals surface area contributed by atoms with Gasteiger partial charge in [0.2, 0.25) is 0 Å². The van der Waals surface area contributed by atoms with Crippen LogP contribution in [0.4, 0.5) is 4.39 Å². The first-order valence-corrected chi connectivity index (χ1v) is 9.74. The van der Waals surface area contributed by atoms with Gasteiger partial charge >= 0.3 is 0 Å². The summed E-state index contributed by atoms with van der Waals surface area (Å²) in [5, 5.41) is 0. The Balaban J connectivity index is 1.89. The van der Waals surface area contributed by atoms with Crippen LogP contribution in [0, 0.1) is 5.82 Å². The molecule has 0 bridgehead atoms. The van der Waals surface area contributed by atoms with Crippen molar-refractivity contribution >= 4 is 5.57 Å². The molecule has 1 fully saturated rings. The average molecular weight is 367 g/mol. The lowest BCUT2D eigenvalue weighted by molar-refractivity contribution is 0.00587. The number of allylic oxidation sites excluding steroid dienone is 1. The Bertz CT molecular complexity index is 789. The van der Waals surface area contributed by atoms with E-state index in [2.05, 4.69) is 68.3 Å². The second kappa shape index (κ2) is 7.95. The van der Waals surface area contributed by atoms with E-state index in [9.17, 15) is 4.39 Å². The lowest BCUT2D eigenvalue weighted by Gasteiger charge is -2.48. The number of hydrogen-bond acceptors (Lipinski definition) is 2. The first kappa shape index (κ1) is 19.8. The van der Waals surface area contributed by atoms with Gasteiger partial charge in [0.15, 0.2) is 0 Å². The molecule has 2 nitrogen and oxygen atoms in total. The van der Waals surface area contributed by atoms with Gasteiger partial charge in [0.25, 0.3) is 0 Å². The van der Waals surface area contributed by atoms with Crippen molar-refractivity contribution < 1.29 is 4.39 Å².